The van der Waals surface area contributed by atoms with Crippen molar-refractivity contribution in [1.29, 1.82) is 0 Å². The number of dihydropyridines is 1. The van der Waals surface area contributed by atoms with Crippen LogP contribution in [0.4, 0.5) is 0 Å². The van der Waals surface area contributed by atoms with Crippen LogP contribution < -0.4 is 5.32 Å². The fourth-order valence-electron chi connectivity index (χ4n) is 4.44. The molecule has 2 atom stereocenters. The molecule has 2 aromatic rings. The summed E-state index contributed by atoms with van der Waals surface area (Å²) in [5.41, 5.74) is 4.57. The molecule has 2 unspecified atom stereocenters. The van der Waals surface area contributed by atoms with Crippen LogP contribution >= 0.6 is 11.6 Å². The average Bonchev–Trinajstić information content (AvgIpc) is 2.73. The minimum Gasteiger partial charge on any atom is -0.460 e. The Balaban J connectivity index is 1.77. The summed E-state index contributed by atoms with van der Waals surface area (Å²) in [7, 11) is 0. The zero-order valence-corrected chi connectivity index (χ0v) is 18.6. The Morgan fingerprint density at radius 1 is 1.16 bits per heavy atom. The second kappa shape index (κ2) is 8.67. The van der Waals surface area contributed by atoms with Crippen LogP contribution in [0.2, 0.25) is 5.02 Å². The van der Waals surface area contributed by atoms with Crippen molar-refractivity contribution in [3.63, 3.8) is 0 Å². The number of nitrogens with zero attached hydrogens (tertiary/aromatic N) is 1. The number of ketones is 1. The number of carbonyl (C=O) groups excluding carboxylic acids is 2. The van der Waals surface area contributed by atoms with E-state index in [1.807, 2.05) is 57.2 Å². The van der Waals surface area contributed by atoms with Gasteiger partial charge in [0.15, 0.2) is 5.78 Å². The van der Waals surface area contributed by atoms with E-state index in [4.69, 9.17) is 16.3 Å². The predicted octanol–water partition coefficient (Wildman–Crippen LogP) is 5.05. The van der Waals surface area contributed by atoms with Crippen LogP contribution in [0.3, 0.4) is 0 Å². The van der Waals surface area contributed by atoms with Crippen molar-refractivity contribution in [1.82, 2.24) is 10.3 Å². The number of hydrogen-bond acceptors (Lipinski definition) is 5. The summed E-state index contributed by atoms with van der Waals surface area (Å²) in [4.78, 5) is 30.7. The number of carbonyl (C=O) groups is 2. The Morgan fingerprint density at radius 3 is 2.55 bits per heavy atom. The summed E-state index contributed by atoms with van der Waals surface area (Å²) < 4.78 is 5.52. The Morgan fingerprint density at radius 2 is 1.90 bits per heavy atom. The van der Waals surface area contributed by atoms with Gasteiger partial charge in [0.05, 0.1) is 11.7 Å². The third-order valence-electron chi connectivity index (χ3n) is 5.75. The first kappa shape index (κ1) is 21.3. The lowest BCUT2D eigenvalue weighted by Gasteiger charge is -2.36. The zero-order chi connectivity index (χ0) is 22.1. The highest BCUT2D eigenvalue weighted by Crippen LogP contribution is 2.45. The van der Waals surface area contributed by atoms with Crippen molar-refractivity contribution in [2.24, 2.45) is 0 Å². The van der Waals surface area contributed by atoms with Gasteiger partial charge in [0.1, 0.15) is 0 Å². The predicted molar refractivity (Wildman–Crippen MR) is 120 cm³/mol. The molecule has 1 aromatic heterocycles. The van der Waals surface area contributed by atoms with Crippen LogP contribution in [0.1, 0.15) is 56.6 Å². The fraction of sp³-hybridized carbons (Fsp3) is 0.320. The molecular formula is C25H25ClN2O3. The van der Waals surface area contributed by atoms with E-state index >= 15 is 0 Å². The largest absolute Gasteiger partial charge is 0.460 e. The zero-order valence-electron chi connectivity index (χ0n) is 17.8. The number of benzene rings is 1. The lowest BCUT2D eigenvalue weighted by atomic mass is 9.72. The van der Waals surface area contributed by atoms with Gasteiger partial charge in [0.25, 0.3) is 0 Å². The Bertz CT molecular complexity index is 1070. The fourth-order valence-corrected chi connectivity index (χ4v) is 4.56. The van der Waals surface area contributed by atoms with Crippen LogP contribution in [-0.2, 0) is 14.3 Å². The number of nitrogens with one attached hydrogen (secondary N) is 1. The van der Waals surface area contributed by atoms with Crippen LogP contribution in [0.5, 0.6) is 0 Å². The SMILES string of the molecule is CC1=C(C(=O)OC(C)C)C(c2cccnc2)C2=C(CC(c3ccc(Cl)cc3)CC2=O)N1. The number of esters is 1. The number of hydrogen-bond donors (Lipinski definition) is 1. The topological polar surface area (TPSA) is 68.3 Å². The number of Topliss-reactive ketones (excluding diaryl/α,β-unsaturated/α-hetero) is 1. The van der Waals surface area contributed by atoms with Crippen LogP contribution in [0.15, 0.2) is 71.3 Å². The van der Waals surface area contributed by atoms with Gasteiger partial charge < -0.3 is 10.1 Å². The smallest absolute Gasteiger partial charge is 0.337 e. The number of pyridine rings is 1. The third-order valence-corrected chi connectivity index (χ3v) is 6.00. The second-order valence-corrected chi connectivity index (χ2v) is 8.75. The standard InChI is InChI=1S/C25H25ClN2O3/c1-14(2)31-25(30)22-15(3)28-20-11-18(16-6-8-19(26)9-7-16)12-21(29)24(20)23(22)17-5-4-10-27-13-17/h4-10,13-14,18,23,28H,11-12H2,1-3H3. The number of rotatable bonds is 4. The molecule has 5 nitrogen and oxygen atoms in total. The quantitative estimate of drug-likeness (QED) is 0.679. The Kier molecular flexibility index (Phi) is 5.96. The lowest BCUT2D eigenvalue weighted by molar-refractivity contribution is -0.143. The highest BCUT2D eigenvalue weighted by atomic mass is 35.5. The molecule has 31 heavy (non-hydrogen) atoms. The van der Waals surface area contributed by atoms with E-state index in [0.29, 0.717) is 34.7 Å². The van der Waals surface area contributed by atoms with E-state index in [0.717, 1.165) is 16.8 Å². The number of ether oxygens (including phenoxy) is 1. The molecular weight excluding hydrogens is 412 g/mol. The van der Waals surface area contributed by atoms with Crippen LogP contribution in [-0.4, -0.2) is 22.8 Å². The van der Waals surface area contributed by atoms with Gasteiger partial charge in [-0.3, -0.25) is 9.78 Å². The van der Waals surface area contributed by atoms with Crippen molar-refractivity contribution >= 4 is 23.4 Å². The maximum Gasteiger partial charge on any atom is 0.337 e. The van der Waals surface area contributed by atoms with E-state index in [9.17, 15) is 9.59 Å². The van der Waals surface area contributed by atoms with Crippen molar-refractivity contribution < 1.29 is 14.3 Å². The van der Waals surface area contributed by atoms with Gasteiger partial charge >= 0.3 is 5.97 Å². The molecule has 2 heterocycles. The van der Waals surface area contributed by atoms with Crippen molar-refractivity contribution in [2.45, 2.75) is 51.6 Å². The average molecular weight is 437 g/mol. The minimum atomic E-state index is -0.491. The van der Waals surface area contributed by atoms with Crippen molar-refractivity contribution in [3.05, 3.63) is 87.5 Å². The second-order valence-electron chi connectivity index (χ2n) is 8.31. The molecule has 4 rings (SSSR count). The molecule has 0 saturated heterocycles. The first-order valence-corrected chi connectivity index (χ1v) is 10.8. The molecule has 1 N–H and O–H groups in total. The Hall–Kier alpha value is -2.92. The molecule has 0 spiro atoms. The van der Waals surface area contributed by atoms with Gasteiger partial charge in [-0.1, -0.05) is 29.8 Å². The van der Waals surface area contributed by atoms with Crippen LogP contribution in [0, 0.1) is 0 Å². The summed E-state index contributed by atoms with van der Waals surface area (Å²) in [5.74, 6) is -0.810. The molecule has 0 fully saturated rings. The van der Waals surface area contributed by atoms with Gasteiger partial charge in [-0.05, 0) is 62.4 Å². The number of aromatic nitrogens is 1. The third kappa shape index (κ3) is 4.28. The molecule has 0 amide bonds. The van der Waals surface area contributed by atoms with Crippen LogP contribution in [0.25, 0.3) is 0 Å². The van der Waals surface area contributed by atoms with Gasteiger partial charge in [-0.2, -0.15) is 0 Å². The Labute approximate surface area is 187 Å². The summed E-state index contributed by atoms with van der Waals surface area (Å²) in [6, 6.07) is 11.4. The molecule has 2 aliphatic rings. The van der Waals surface area contributed by atoms with E-state index in [1.165, 1.54) is 0 Å². The van der Waals surface area contributed by atoms with Crippen molar-refractivity contribution in [3.8, 4) is 0 Å². The first-order valence-electron chi connectivity index (χ1n) is 10.5. The van der Waals surface area contributed by atoms with E-state index in [-0.39, 0.29) is 17.8 Å². The number of allylic oxidation sites excluding steroid dienone is 3. The first-order chi connectivity index (χ1) is 14.8. The molecule has 0 radical (unpaired) electrons. The summed E-state index contributed by atoms with van der Waals surface area (Å²) >= 11 is 6.03. The molecule has 1 aromatic carbocycles. The minimum absolute atomic E-state index is 0.0323. The molecule has 1 aliphatic heterocycles. The normalized spacial score (nSPS) is 21.1. The molecule has 1 aliphatic carbocycles. The maximum atomic E-state index is 13.4. The molecule has 6 heteroatoms. The lowest BCUT2D eigenvalue weighted by Crippen LogP contribution is -2.36. The van der Waals surface area contributed by atoms with Crippen molar-refractivity contribution in [2.75, 3.05) is 0 Å². The van der Waals surface area contributed by atoms with Gasteiger partial charge in [-0.15, -0.1) is 0 Å². The molecule has 0 bridgehead atoms. The van der Waals surface area contributed by atoms with Gasteiger partial charge in [0, 0.05) is 46.7 Å². The highest BCUT2D eigenvalue weighted by molar-refractivity contribution is 6.30. The number of halogens is 1. The monoisotopic (exact) mass is 436 g/mol. The van der Waals surface area contributed by atoms with E-state index < -0.39 is 11.9 Å². The van der Waals surface area contributed by atoms with Gasteiger partial charge in [0.2, 0.25) is 0 Å². The summed E-state index contributed by atoms with van der Waals surface area (Å²) in [5, 5.41) is 4.03. The molecule has 160 valence electrons. The summed E-state index contributed by atoms with van der Waals surface area (Å²) in [6.07, 6.45) is 4.21. The maximum absolute atomic E-state index is 13.4. The van der Waals surface area contributed by atoms with E-state index in [1.54, 1.807) is 12.4 Å². The summed E-state index contributed by atoms with van der Waals surface area (Å²) in [6.45, 7) is 5.49. The molecule has 0 saturated carbocycles. The van der Waals surface area contributed by atoms with E-state index in [2.05, 4.69) is 10.3 Å². The van der Waals surface area contributed by atoms with Gasteiger partial charge in [-0.25, -0.2) is 4.79 Å². The highest BCUT2D eigenvalue weighted by Gasteiger charge is 2.41.